The molecule has 28 heavy (non-hydrogen) atoms. The lowest BCUT2D eigenvalue weighted by molar-refractivity contribution is 0.224. The van der Waals surface area contributed by atoms with Gasteiger partial charge in [-0.2, -0.15) is 8.42 Å². The maximum absolute atomic E-state index is 12.7. The number of hydrogen-bond acceptors (Lipinski definition) is 4. The summed E-state index contributed by atoms with van der Waals surface area (Å²) in [7, 11) is -3.74. The Morgan fingerprint density at radius 2 is 1.82 bits per heavy atom. The summed E-state index contributed by atoms with van der Waals surface area (Å²) in [5.41, 5.74) is 1.23. The fraction of sp³-hybridized carbons (Fsp3) is 0.474. The molecule has 9 heteroatoms. The summed E-state index contributed by atoms with van der Waals surface area (Å²) in [6, 6.07) is 6.70. The number of hydrogen-bond donors (Lipinski definition) is 2. The molecule has 1 aromatic carbocycles. The maximum Gasteiger partial charge on any atom is 0.315 e. The van der Waals surface area contributed by atoms with E-state index in [-0.39, 0.29) is 23.0 Å². The molecule has 2 N–H and O–H groups in total. The van der Waals surface area contributed by atoms with E-state index >= 15 is 0 Å². The minimum absolute atomic E-state index is 0.0635. The zero-order valence-corrected chi connectivity index (χ0v) is 17.8. The summed E-state index contributed by atoms with van der Waals surface area (Å²) in [6.07, 6.45) is 1.46. The molecular formula is C19H25ClN4O3S. The summed E-state index contributed by atoms with van der Waals surface area (Å²) in [6.45, 7) is 6.87. The van der Waals surface area contributed by atoms with E-state index in [9.17, 15) is 13.2 Å². The van der Waals surface area contributed by atoms with E-state index in [1.54, 1.807) is 31.2 Å². The van der Waals surface area contributed by atoms with Gasteiger partial charge in [0.2, 0.25) is 0 Å². The fourth-order valence-electron chi connectivity index (χ4n) is 3.51. The molecule has 3 rings (SSSR count). The van der Waals surface area contributed by atoms with Crippen LogP contribution >= 0.6 is 11.6 Å². The van der Waals surface area contributed by atoms with Crippen LogP contribution in [0.1, 0.15) is 39.2 Å². The number of sulfonamides is 1. The van der Waals surface area contributed by atoms with Crippen LogP contribution in [0.15, 0.2) is 34.2 Å². The van der Waals surface area contributed by atoms with E-state index in [1.165, 1.54) is 0 Å². The highest BCUT2D eigenvalue weighted by Gasteiger charge is 2.35. The number of nitrogens with zero attached hydrogens (tertiary/aromatic N) is 2. The second-order valence-corrected chi connectivity index (χ2v) is 9.36. The Hall–Kier alpha value is -2.06. The first kappa shape index (κ1) is 20.7. The number of likely N-dealkylation sites (tertiary alicyclic amines) is 1. The van der Waals surface area contributed by atoms with Crippen molar-refractivity contribution in [3.05, 3.63) is 40.4 Å². The lowest BCUT2D eigenvalue weighted by Gasteiger charge is -2.34. The van der Waals surface area contributed by atoms with Crippen LogP contribution in [0.2, 0.25) is 5.02 Å². The third-order valence-corrected chi connectivity index (χ3v) is 6.52. The maximum atomic E-state index is 12.7. The van der Waals surface area contributed by atoms with Crippen LogP contribution < -0.4 is 10.6 Å². The predicted octanol–water partition coefficient (Wildman–Crippen LogP) is 2.98. The fourth-order valence-corrected chi connectivity index (χ4v) is 5.12. The molecule has 0 aliphatic carbocycles. The average Bonchev–Trinajstić information content (AvgIpc) is 2.85. The summed E-state index contributed by atoms with van der Waals surface area (Å²) < 4.78 is 29.3. The number of amides is 2. The predicted molar refractivity (Wildman–Crippen MR) is 112 cm³/mol. The van der Waals surface area contributed by atoms with Gasteiger partial charge in [0.1, 0.15) is 10.7 Å². The summed E-state index contributed by atoms with van der Waals surface area (Å²) in [4.78, 5) is 14.1. The van der Waals surface area contributed by atoms with E-state index in [4.69, 9.17) is 11.6 Å². The van der Waals surface area contributed by atoms with Gasteiger partial charge in [0.15, 0.2) is 0 Å². The second-order valence-electron chi connectivity index (χ2n) is 7.38. The zero-order chi connectivity index (χ0) is 20.5. The van der Waals surface area contributed by atoms with Crippen molar-refractivity contribution in [3.8, 4) is 0 Å². The highest BCUT2D eigenvalue weighted by molar-refractivity contribution is 8.00. The monoisotopic (exact) mass is 424 g/mol. The van der Waals surface area contributed by atoms with E-state index in [2.05, 4.69) is 15.0 Å². The first-order chi connectivity index (χ1) is 13.2. The van der Waals surface area contributed by atoms with Crippen LogP contribution in [0, 0.1) is 0 Å². The van der Waals surface area contributed by atoms with Gasteiger partial charge in [-0.05, 0) is 51.3 Å². The lowest BCUT2D eigenvalue weighted by Crippen LogP contribution is -2.50. The summed E-state index contributed by atoms with van der Waals surface area (Å²) in [5.74, 6) is 0.495. The molecule has 1 aromatic rings. The van der Waals surface area contributed by atoms with Crippen molar-refractivity contribution in [3.63, 3.8) is 0 Å². The SMILES string of the molecule is CC1=C(c2ccc(Cl)cc2)S(=O)(=O)N=C1N1CCC(NC(=O)NC(C)C)CC1. The van der Waals surface area contributed by atoms with Crippen LogP contribution in [0.25, 0.3) is 4.91 Å². The van der Waals surface area contributed by atoms with Gasteiger partial charge >= 0.3 is 6.03 Å². The molecule has 0 aromatic heterocycles. The second kappa shape index (κ2) is 8.13. The van der Waals surface area contributed by atoms with Gasteiger partial charge in [-0.15, -0.1) is 4.40 Å². The van der Waals surface area contributed by atoms with Gasteiger partial charge in [0.05, 0.1) is 0 Å². The molecule has 152 valence electrons. The Kier molecular flexibility index (Phi) is 6.00. The minimum atomic E-state index is -3.74. The average molecular weight is 425 g/mol. The van der Waals surface area contributed by atoms with Gasteiger partial charge in [-0.25, -0.2) is 4.79 Å². The first-order valence-electron chi connectivity index (χ1n) is 9.31. The first-order valence-corrected chi connectivity index (χ1v) is 11.1. The molecule has 1 saturated heterocycles. The van der Waals surface area contributed by atoms with Crippen LogP contribution in [0.4, 0.5) is 4.79 Å². The molecule has 0 radical (unpaired) electrons. The Bertz CT molecular complexity index is 915. The smallest absolute Gasteiger partial charge is 0.315 e. The molecule has 1 fully saturated rings. The Balaban J connectivity index is 1.71. The molecule has 0 atom stereocenters. The van der Waals surface area contributed by atoms with Crippen molar-refractivity contribution in [2.45, 2.75) is 45.7 Å². The highest BCUT2D eigenvalue weighted by Crippen LogP contribution is 2.34. The quantitative estimate of drug-likeness (QED) is 0.780. The molecule has 0 bridgehead atoms. The standard InChI is InChI=1S/C19H25ClN4O3S/c1-12(2)21-19(25)22-16-8-10-24(11-9-16)18-13(3)17(28(26,27)23-18)14-4-6-15(20)7-5-14/h4-7,12,16H,8-11H2,1-3H3,(H2,21,22,25). The van der Waals surface area contributed by atoms with Gasteiger partial charge in [-0.1, -0.05) is 23.7 Å². The highest BCUT2D eigenvalue weighted by atomic mass is 35.5. The van der Waals surface area contributed by atoms with Crippen molar-refractivity contribution in [2.75, 3.05) is 13.1 Å². The van der Waals surface area contributed by atoms with E-state index in [0.717, 1.165) is 12.8 Å². The largest absolute Gasteiger partial charge is 0.356 e. The number of benzene rings is 1. The number of amidine groups is 1. The van der Waals surface area contributed by atoms with Gasteiger partial charge in [-0.3, -0.25) is 0 Å². The van der Waals surface area contributed by atoms with Crippen LogP contribution in [-0.4, -0.2) is 50.4 Å². The minimum Gasteiger partial charge on any atom is -0.356 e. The molecule has 2 aliphatic rings. The van der Waals surface area contributed by atoms with Crippen LogP contribution in [0.3, 0.4) is 0 Å². The molecule has 0 unspecified atom stereocenters. The number of carbonyl (C=O) groups excluding carboxylic acids is 1. The number of halogens is 1. The van der Waals surface area contributed by atoms with Crippen molar-refractivity contribution in [1.82, 2.24) is 15.5 Å². The van der Waals surface area contributed by atoms with Gasteiger partial charge < -0.3 is 15.5 Å². The van der Waals surface area contributed by atoms with Crippen LogP contribution in [-0.2, 0) is 10.0 Å². The number of nitrogens with one attached hydrogen (secondary N) is 2. The summed E-state index contributed by atoms with van der Waals surface area (Å²) >= 11 is 5.92. The molecule has 2 aliphatic heterocycles. The van der Waals surface area contributed by atoms with Gasteiger partial charge in [0.25, 0.3) is 10.0 Å². The number of piperidine rings is 1. The number of carbonyl (C=O) groups is 1. The molecule has 0 spiro atoms. The zero-order valence-electron chi connectivity index (χ0n) is 16.2. The van der Waals surface area contributed by atoms with Crippen molar-refractivity contribution < 1.29 is 13.2 Å². The van der Waals surface area contributed by atoms with Crippen LogP contribution in [0.5, 0.6) is 0 Å². The molecule has 7 nitrogen and oxygen atoms in total. The lowest BCUT2D eigenvalue weighted by atomic mass is 10.0. The third-order valence-electron chi connectivity index (χ3n) is 4.80. The Morgan fingerprint density at radius 1 is 1.21 bits per heavy atom. The van der Waals surface area contributed by atoms with E-state index in [0.29, 0.717) is 35.1 Å². The number of rotatable bonds is 3. The Labute approximate surface area is 170 Å². The van der Waals surface area contributed by atoms with Gasteiger partial charge in [0, 0.05) is 35.8 Å². The normalized spacial score (nSPS) is 19.8. The van der Waals surface area contributed by atoms with Crippen molar-refractivity contribution in [2.24, 2.45) is 4.40 Å². The van der Waals surface area contributed by atoms with E-state index in [1.807, 2.05) is 18.7 Å². The summed E-state index contributed by atoms with van der Waals surface area (Å²) in [5, 5.41) is 6.34. The third kappa shape index (κ3) is 4.50. The molecule has 2 heterocycles. The van der Waals surface area contributed by atoms with Crippen molar-refractivity contribution >= 4 is 38.4 Å². The topological polar surface area (TPSA) is 90.9 Å². The molecule has 0 saturated carbocycles. The molecule has 2 amide bonds. The van der Waals surface area contributed by atoms with Crippen molar-refractivity contribution in [1.29, 1.82) is 0 Å². The Morgan fingerprint density at radius 3 is 2.39 bits per heavy atom. The number of urea groups is 1. The molecular weight excluding hydrogens is 400 g/mol. The van der Waals surface area contributed by atoms with E-state index < -0.39 is 10.0 Å².